The Morgan fingerprint density at radius 3 is 2.60 bits per heavy atom. The highest BCUT2D eigenvalue weighted by Gasteiger charge is 2.22. The fraction of sp³-hybridized carbons (Fsp3) is 0.235. The van der Waals surface area contributed by atoms with Gasteiger partial charge in [0, 0.05) is 22.7 Å². The average Bonchev–Trinajstić information content (AvgIpc) is 2.56. The summed E-state index contributed by atoms with van der Waals surface area (Å²) in [6, 6.07) is 10.7. The van der Waals surface area contributed by atoms with Gasteiger partial charge in [-0.3, -0.25) is 19.8 Å². The lowest BCUT2D eigenvalue weighted by Gasteiger charge is -2.24. The lowest BCUT2D eigenvalue weighted by Crippen LogP contribution is -2.39. The summed E-state index contributed by atoms with van der Waals surface area (Å²) in [6.07, 6.45) is 0. The number of nitrogens with zero attached hydrogens (tertiary/aromatic N) is 2. The Kier molecular flexibility index (Phi) is 6.36. The van der Waals surface area contributed by atoms with Crippen molar-refractivity contribution in [1.29, 1.82) is 0 Å². The summed E-state index contributed by atoms with van der Waals surface area (Å²) >= 11 is 12.0. The van der Waals surface area contributed by atoms with Crippen molar-refractivity contribution < 1.29 is 9.72 Å². The predicted molar refractivity (Wildman–Crippen MR) is 99.1 cm³/mol. The Balaban J connectivity index is 2.08. The molecule has 0 saturated carbocycles. The molecule has 0 heterocycles. The maximum atomic E-state index is 12.4. The Morgan fingerprint density at radius 2 is 1.96 bits per heavy atom. The minimum Gasteiger partial charge on any atom is -0.319 e. The molecule has 25 heavy (non-hydrogen) atoms. The number of anilines is 1. The van der Waals surface area contributed by atoms with Crippen molar-refractivity contribution in [3.8, 4) is 0 Å². The molecule has 0 aliphatic heterocycles. The van der Waals surface area contributed by atoms with Crippen LogP contribution in [0.1, 0.15) is 12.5 Å². The Bertz CT molecular complexity index is 798. The zero-order chi connectivity index (χ0) is 18.6. The highest BCUT2D eigenvalue weighted by atomic mass is 35.5. The molecule has 1 amide bonds. The lowest BCUT2D eigenvalue weighted by atomic mass is 10.1. The number of halogens is 2. The van der Waals surface area contributed by atoms with E-state index in [0.29, 0.717) is 16.6 Å². The van der Waals surface area contributed by atoms with E-state index in [1.165, 1.54) is 12.1 Å². The van der Waals surface area contributed by atoms with E-state index in [0.717, 1.165) is 5.56 Å². The molecule has 6 nitrogen and oxygen atoms in total. The smallest absolute Gasteiger partial charge is 0.292 e. The summed E-state index contributed by atoms with van der Waals surface area (Å²) in [5.41, 5.74) is 0.854. The van der Waals surface area contributed by atoms with Crippen molar-refractivity contribution in [2.75, 3.05) is 12.4 Å². The van der Waals surface area contributed by atoms with Crippen LogP contribution in [0.5, 0.6) is 0 Å². The number of nitro groups is 1. The number of nitro benzene ring substituents is 1. The monoisotopic (exact) mass is 381 g/mol. The quantitative estimate of drug-likeness (QED) is 0.595. The minimum absolute atomic E-state index is 0.147. The van der Waals surface area contributed by atoms with Crippen LogP contribution < -0.4 is 5.32 Å². The number of rotatable bonds is 6. The van der Waals surface area contributed by atoms with Crippen molar-refractivity contribution >= 4 is 40.5 Å². The van der Waals surface area contributed by atoms with E-state index < -0.39 is 11.0 Å². The van der Waals surface area contributed by atoms with Gasteiger partial charge in [0.25, 0.3) is 5.69 Å². The van der Waals surface area contributed by atoms with Gasteiger partial charge < -0.3 is 5.32 Å². The first-order valence-electron chi connectivity index (χ1n) is 7.48. The third kappa shape index (κ3) is 4.92. The molecule has 2 aromatic carbocycles. The van der Waals surface area contributed by atoms with Gasteiger partial charge in [0.1, 0.15) is 5.69 Å². The molecule has 0 aliphatic rings. The van der Waals surface area contributed by atoms with Crippen molar-refractivity contribution in [1.82, 2.24) is 4.90 Å². The van der Waals surface area contributed by atoms with Crippen LogP contribution in [0, 0.1) is 10.1 Å². The molecule has 0 spiro atoms. The second-order valence-electron chi connectivity index (χ2n) is 5.59. The number of hydrogen-bond donors (Lipinski definition) is 1. The van der Waals surface area contributed by atoms with Gasteiger partial charge in [0.15, 0.2) is 0 Å². The zero-order valence-electron chi connectivity index (χ0n) is 13.7. The van der Waals surface area contributed by atoms with Gasteiger partial charge in [-0.25, -0.2) is 0 Å². The van der Waals surface area contributed by atoms with Gasteiger partial charge in [-0.2, -0.15) is 0 Å². The van der Waals surface area contributed by atoms with E-state index in [1.807, 2.05) is 0 Å². The third-order valence-electron chi connectivity index (χ3n) is 3.83. The van der Waals surface area contributed by atoms with Gasteiger partial charge in [-0.05, 0) is 37.7 Å². The van der Waals surface area contributed by atoms with Crippen LogP contribution >= 0.6 is 23.2 Å². The number of nitrogens with one attached hydrogen (secondary N) is 1. The van der Waals surface area contributed by atoms with Gasteiger partial charge in [-0.1, -0.05) is 41.4 Å². The van der Waals surface area contributed by atoms with E-state index in [2.05, 4.69) is 5.32 Å². The van der Waals surface area contributed by atoms with Crippen LogP contribution in [0.25, 0.3) is 0 Å². The van der Waals surface area contributed by atoms with Crippen LogP contribution in [0.2, 0.25) is 10.0 Å². The summed E-state index contributed by atoms with van der Waals surface area (Å²) in [5, 5.41) is 14.7. The number of hydrogen-bond acceptors (Lipinski definition) is 4. The number of benzene rings is 2. The molecule has 2 aromatic rings. The van der Waals surface area contributed by atoms with Crippen molar-refractivity contribution in [3.05, 3.63) is 68.2 Å². The molecule has 0 aromatic heterocycles. The number of para-hydroxylation sites is 2. The SMILES string of the molecule is C[C@H](C(=O)Nc1ccccc1[N+](=O)[O-])N(C)Cc1ccc(Cl)cc1Cl. The molecule has 0 saturated heterocycles. The van der Waals surface area contributed by atoms with Gasteiger partial charge in [0.2, 0.25) is 5.91 Å². The summed E-state index contributed by atoms with van der Waals surface area (Å²) in [4.78, 5) is 24.7. The van der Waals surface area contributed by atoms with Crippen molar-refractivity contribution in [2.45, 2.75) is 19.5 Å². The normalized spacial score (nSPS) is 12.0. The van der Waals surface area contributed by atoms with Gasteiger partial charge >= 0.3 is 0 Å². The van der Waals surface area contributed by atoms with Crippen LogP contribution in [0.4, 0.5) is 11.4 Å². The van der Waals surface area contributed by atoms with E-state index in [-0.39, 0.29) is 17.3 Å². The molecule has 1 atom stereocenters. The lowest BCUT2D eigenvalue weighted by molar-refractivity contribution is -0.383. The second kappa shape index (κ2) is 8.29. The maximum absolute atomic E-state index is 12.4. The molecular formula is C17H17Cl2N3O3. The molecule has 0 radical (unpaired) electrons. The first kappa shape index (κ1) is 19.2. The summed E-state index contributed by atoms with van der Waals surface area (Å²) in [7, 11) is 1.77. The van der Waals surface area contributed by atoms with E-state index in [4.69, 9.17) is 23.2 Å². The molecule has 0 aliphatic carbocycles. The third-order valence-corrected chi connectivity index (χ3v) is 4.42. The van der Waals surface area contributed by atoms with Gasteiger partial charge in [0.05, 0.1) is 11.0 Å². The maximum Gasteiger partial charge on any atom is 0.292 e. The summed E-state index contributed by atoms with van der Waals surface area (Å²) in [6.45, 7) is 2.15. The predicted octanol–water partition coefficient (Wildman–Crippen LogP) is 4.36. The number of amides is 1. The molecular weight excluding hydrogens is 365 g/mol. The van der Waals surface area contributed by atoms with Gasteiger partial charge in [-0.15, -0.1) is 0 Å². The van der Waals surface area contributed by atoms with E-state index in [1.54, 1.807) is 49.2 Å². The Morgan fingerprint density at radius 1 is 1.28 bits per heavy atom. The zero-order valence-corrected chi connectivity index (χ0v) is 15.2. The average molecular weight is 382 g/mol. The van der Waals surface area contributed by atoms with Crippen LogP contribution in [0.3, 0.4) is 0 Å². The van der Waals surface area contributed by atoms with E-state index >= 15 is 0 Å². The second-order valence-corrected chi connectivity index (χ2v) is 6.43. The fourth-order valence-corrected chi connectivity index (χ4v) is 2.70. The molecule has 8 heteroatoms. The molecule has 0 bridgehead atoms. The first-order valence-corrected chi connectivity index (χ1v) is 8.23. The standard InChI is InChI=1S/C17H17Cl2N3O3/c1-11(21(2)10-12-7-8-13(18)9-14(12)19)17(23)20-15-5-3-4-6-16(15)22(24)25/h3-9,11H,10H2,1-2H3,(H,20,23)/t11-/m1/s1. The largest absolute Gasteiger partial charge is 0.319 e. The Hall–Kier alpha value is -2.15. The molecule has 0 unspecified atom stereocenters. The fourth-order valence-electron chi connectivity index (χ4n) is 2.23. The molecule has 2 rings (SSSR count). The highest BCUT2D eigenvalue weighted by molar-refractivity contribution is 6.35. The first-order chi connectivity index (χ1) is 11.8. The van der Waals surface area contributed by atoms with Crippen LogP contribution in [-0.2, 0) is 11.3 Å². The summed E-state index contributed by atoms with van der Waals surface area (Å²) < 4.78 is 0. The molecule has 1 N–H and O–H groups in total. The number of carbonyl (C=O) groups excluding carboxylic acids is 1. The highest BCUT2D eigenvalue weighted by Crippen LogP contribution is 2.25. The summed E-state index contributed by atoms with van der Waals surface area (Å²) in [5.74, 6) is -0.345. The van der Waals surface area contributed by atoms with Crippen molar-refractivity contribution in [2.24, 2.45) is 0 Å². The number of carbonyl (C=O) groups is 1. The van der Waals surface area contributed by atoms with Crippen molar-refractivity contribution in [3.63, 3.8) is 0 Å². The molecule has 132 valence electrons. The van der Waals surface area contributed by atoms with Crippen LogP contribution in [-0.4, -0.2) is 28.8 Å². The number of likely N-dealkylation sites (N-methyl/N-ethyl adjacent to an activating group) is 1. The topological polar surface area (TPSA) is 75.5 Å². The Labute approximate surface area is 155 Å². The molecule has 0 fully saturated rings. The van der Waals surface area contributed by atoms with E-state index in [9.17, 15) is 14.9 Å². The van der Waals surface area contributed by atoms with Crippen LogP contribution in [0.15, 0.2) is 42.5 Å². The minimum atomic E-state index is -0.530.